The lowest BCUT2D eigenvalue weighted by Crippen LogP contribution is -2.29. The van der Waals surface area contributed by atoms with Crippen molar-refractivity contribution in [2.24, 2.45) is 0 Å². The molecule has 0 saturated heterocycles. The van der Waals surface area contributed by atoms with Crippen molar-refractivity contribution in [3.63, 3.8) is 0 Å². The molecule has 0 fully saturated rings. The summed E-state index contributed by atoms with van der Waals surface area (Å²) in [5.41, 5.74) is 0. The molecule has 0 radical (unpaired) electrons. The van der Waals surface area contributed by atoms with Gasteiger partial charge in [-0.2, -0.15) is 0 Å². The minimum Gasteiger partial charge on any atom is -0.462 e. The number of rotatable bonds is 34. The Balaban J connectivity index is 4.37. The molecule has 0 aliphatic heterocycles. The van der Waals surface area contributed by atoms with E-state index in [-0.39, 0.29) is 43.1 Å². The Hall–Kier alpha value is -0.600. The van der Waals surface area contributed by atoms with Crippen LogP contribution < -0.4 is 0 Å². The second-order valence-electron chi connectivity index (χ2n) is 12.7. The van der Waals surface area contributed by atoms with Crippen molar-refractivity contribution in [1.29, 1.82) is 0 Å². The van der Waals surface area contributed by atoms with Crippen molar-refractivity contribution in [3.8, 4) is 0 Å². The number of carbonyl (C=O) groups is 2. The standard InChI is InChI=1S/C35H69O8PS/c1-5-7-9-11-13-15-17-19-21-23-25-27-34(36)40-31-33(32-42-44(38,39)41-29-30-45(3)4)43-35(37)28-26-24-22-20-18-16-14-12-10-8-6-2/h33H,5-32H2,1-4H3/p+1/t33-/m1/s1. The van der Waals surface area contributed by atoms with Gasteiger partial charge < -0.3 is 14.4 Å². The Kier molecular flexibility index (Phi) is 31.5. The summed E-state index contributed by atoms with van der Waals surface area (Å²) in [6.45, 7) is 3.97. The molecule has 0 saturated carbocycles. The zero-order chi connectivity index (χ0) is 33.4. The summed E-state index contributed by atoms with van der Waals surface area (Å²) in [6.07, 6.45) is 29.8. The number of phosphoric ester groups is 1. The van der Waals surface area contributed by atoms with Gasteiger partial charge in [-0.25, -0.2) is 4.57 Å². The molecule has 10 heteroatoms. The van der Waals surface area contributed by atoms with Gasteiger partial charge in [-0.15, -0.1) is 0 Å². The molecule has 8 nitrogen and oxygen atoms in total. The maximum absolute atomic E-state index is 12.5. The summed E-state index contributed by atoms with van der Waals surface area (Å²) in [5.74, 6) is -0.142. The molecule has 0 heterocycles. The SMILES string of the molecule is CCCCCCCCCCCCCC(=O)OC[C@H](COP(=O)(O)OCC[S+](C)C)OC(=O)CCCCCCCCCCCCC. The summed E-state index contributed by atoms with van der Waals surface area (Å²) in [4.78, 5) is 34.9. The first-order valence-corrected chi connectivity index (χ1v) is 21.9. The number of ether oxygens (including phenoxy) is 2. The number of unbranched alkanes of at least 4 members (excludes halogenated alkanes) is 20. The zero-order valence-electron chi connectivity index (χ0n) is 29.5. The van der Waals surface area contributed by atoms with E-state index < -0.39 is 19.9 Å². The predicted octanol–water partition coefficient (Wildman–Crippen LogP) is 9.86. The molecule has 1 N–H and O–H groups in total. The molecule has 0 aromatic carbocycles. The number of hydrogen-bond acceptors (Lipinski definition) is 7. The smallest absolute Gasteiger partial charge is 0.462 e. The van der Waals surface area contributed by atoms with Crippen molar-refractivity contribution < 1.29 is 37.6 Å². The Morgan fingerprint density at radius 1 is 0.600 bits per heavy atom. The van der Waals surface area contributed by atoms with E-state index in [1.165, 1.54) is 103 Å². The van der Waals surface area contributed by atoms with Crippen molar-refractivity contribution in [2.75, 3.05) is 38.1 Å². The van der Waals surface area contributed by atoms with E-state index in [2.05, 4.69) is 13.8 Å². The molecule has 0 aromatic heterocycles. The van der Waals surface area contributed by atoms with Gasteiger partial charge in [-0.05, 0) is 23.7 Å². The van der Waals surface area contributed by atoms with Crippen LogP contribution in [0.15, 0.2) is 0 Å². The Morgan fingerprint density at radius 2 is 1.00 bits per heavy atom. The monoisotopic (exact) mass is 681 g/mol. The quantitative estimate of drug-likeness (QED) is 0.0309. The van der Waals surface area contributed by atoms with Crippen LogP contribution in [0, 0.1) is 0 Å². The third-order valence-corrected chi connectivity index (χ3v) is 9.83. The molecule has 0 rings (SSSR count). The second kappa shape index (κ2) is 32.0. The Bertz CT molecular complexity index is 736. The molecule has 0 aliphatic rings. The summed E-state index contributed by atoms with van der Waals surface area (Å²) in [5, 5.41) is 0. The Labute approximate surface area is 279 Å². The fraction of sp³-hybridized carbons (Fsp3) is 0.943. The molecular weight excluding hydrogens is 611 g/mol. The lowest BCUT2D eigenvalue weighted by Gasteiger charge is -2.19. The maximum atomic E-state index is 12.5. The summed E-state index contributed by atoms with van der Waals surface area (Å²) in [7, 11) is -4.25. The number of hydrogen-bond donors (Lipinski definition) is 1. The van der Waals surface area contributed by atoms with E-state index in [0.29, 0.717) is 12.2 Å². The molecule has 0 amide bonds. The van der Waals surface area contributed by atoms with Gasteiger partial charge in [0, 0.05) is 12.8 Å². The van der Waals surface area contributed by atoms with Gasteiger partial charge in [-0.3, -0.25) is 18.6 Å². The summed E-state index contributed by atoms with van der Waals surface area (Å²) < 4.78 is 33.3. The van der Waals surface area contributed by atoms with E-state index in [4.69, 9.17) is 18.5 Å². The van der Waals surface area contributed by atoms with Crippen molar-refractivity contribution in [1.82, 2.24) is 0 Å². The molecule has 268 valence electrons. The molecule has 45 heavy (non-hydrogen) atoms. The van der Waals surface area contributed by atoms with Crippen LogP contribution >= 0.6 is 7.82 Å². The minimum atomic E-state index is -4.31. The number of esters is 2. The van der Waals surface area contributed by atoms with Gasteiger partial charge in [0.25, 0.3) is 0 Å². The van der Waals surface area contributed by atoms with Gasteiger partial charge in [0.15, 0.2) is 6.10 Å². The van der Waals surface area contributed by atoms with E-state index >= 15 is 0 Å². The van der Waals surface area contributed by atoms with Gasteiger partial charge in [0.2, 0.25) is 0 Å². The first kappa shape index (κ1) is 44.4. The average Bonchev–Trinajstić information content (AvgIpc) is 2.99. The molecule has 0 aliphatic carbocycles. The van der Waals surface area contributed by atoms with Gasteiger partial charge in [-0.1, -0.05) is 142 Å². The van der Waals surface area contributed by atoms with Gasteiger partial charge in [0.1, 0.15) is 19.0 Å². The molecule has 1 unspecified atom stereocenters. The molecule has 2 atom stereocenters. The van der Waals surface area contributed by atoms with Crippen LogP contribution in [0.3, 0.4) is 0 Å². The largest absolute Gasteiger partial charge is 0.472 e. The van der Waals surface area contributed by atoms with Crippen LogP contribution in [-0.4, -0.2) is 61.0 Å². The fourth-order valence-corrected chi connectivity index (χ4v) is 6.31. The second-order valence-corrected chi connectivity index (χ2v) is 16.5. The van der Waals surface area contributed by atoms with E-state index in [1.807, 2.05) is 12.5 Å². The highest BCUT2D eigenvalue weighted by Gasteiger charge is 2.26. The number of phosphoric acid groups is 1. The van der Waals surface area contributed by atoms with Crippen LogP contribution in [0.4, 0.5) is 0 Å². The van der Waals surface area contributed by atoms with Crippen LogP contribution in [0.2, 0.25) is 0 Å². The van der Waals surface area contributed by atoms with Gasteiger partial charge in [0.05, 0.1) is 19.1 Å². The van der Waals surface area contributed by atoms with E-state index in [1.54, 1.807) is 0 Å². The van der Waals surface area contributed by atoms with Crippen LogP contribution in [0.5, 0.6) is 0 Å². The average molecular weight is 682 g/mol. The highest BCUT2D eigenvalue weighted by atomic mass is 32.2. The molecular formula is C35H70O8PS+. The predicted molar refractivity (Wildman–Crippen MR) is 189 cm³/mol. The van der Waals surface area contributed by atoms with Crippen LogP contribution in [-0.2, 0) is 43.6 Å². The van der Waals surface area contributed by atoms with Crippen molar-refractivity contribution in [3.05, 3.63) is 0 Å². The normalized spacial score (nSPS) is 13.6. The maximum Gasteiger partial charge on any atom is 0.472 e. The number of carbonyl (C=O) groups excluding carboxylic acids is 2. The van der Waals surface area contributed by atoms with Crippen LogP contribution in [0.25, 0.3) is 0 Å². The first-order chi connectivity index (χ1) is 21.7. The molecule has 0 spiro atoms. The first-order valence-electron chi connectivity index (χ1n) is 18.2. The van der Waals surface area contributed by atoms with Crippen molar-refractivity contribution in [2.45, 2.75) is 174 Å². The third kappa shape index (κ3) is 33.1. The van der Waals surface area contributed by atoms with Gasteiger partial charge >= 0.3 is 19.8 Å². The molecule has 0 bridgehead atoms. The fourth-order valence-electron chi connectivity index (χ4n) is 5.02. The lowest BCUT2D eigenvalue weighted by molar-refractivity contribution is -0.161. The summed E-state index contributed by atoms with van der Waals surface area (Å²) >= 11 is 0. The summed E-state index contributed by atoms with van der Waals surface area (Å²) in [6, 6.07) is 0. The highest BCUT2D eigenvalue weighted by molar-refractivity contribution is 7.95. The third-order valence-electron chi connectivity index (χ3n) is 7.87. The molecule has 0 aromatic rings. The topological polar surface area (TPSA) is 108 Å². The van der Waals surface area contributed by atoms with Crippen LogP contribution in [0.1, 0.15) is 168 Å². The lowest BCUT2D eigenvalue weighted by atomic mass is 10.1. The van der Waals surface area contributed by atoms with E-state index in [0.717, 1.165) is 38.5 Å². The van der Waals surface area contributed by atoms with E-state index in [9.17, 15) is 19.0 Å². The zero-order valence-corrected chi connectivity index (χ0v) is 31.2. The minimum absolute atomic E-state index is 0.0639. The van der Waals surface area contributed by atoms with Crippen molar-refractivity contribution >= 4 is 30.7 Å². The highest BCUT2D eigenvalue weighted by Crippen LogP contribution is 2.43. The Morgan fingerprint density at radius 3 is 1.42 bits per heavy atom.